The fraction of sp³-hybridized carbons (Fsp3) is 0.222. The van der Waals surface area contributed by atoms with Crippen LogP contribution in [0.25, 0.3) is 10.8 Å². The van der Waals surface area contributed by atoms with Gasteiger partial charge in [0.2, 0.25) is 5.88 Å². The van der Waals surface area contributed by atoms with Crippen molar-refractivity contribution in [1.82, 2.24) is 4.57 Å². The number of nitrogens with two attached hydrogens (primary N) is 1. The van der Waals surface area contributed by atoms with Crippen molar-refractivity contribution >= 4 is 73.0 Å². The Morgan fingerprint density at radius 3 is 2.02 bits per heavy atom. The van der Waals surface area contributed by atoms with Gasteiger partial charge < -0.3 is 40.7 Å². The third-order valence-electron chi connectivity index (χ3n) is 8.40. The van der Waals surface area contributed by atoms with E-state index in [1.165, 1.54) is 44.2 Å². The number of aromatic nitrogens is 1. The van der Waals surface area contributed by atoms with Crippen LogP contribution in [0.4, 0.5) is 34.1 Å². The monoisotopic (exact) mass is 884 g/mol. The van der Waals surface area contributed by atoms with E-state index in [-0.39, 0.29) is 81.3 Å². The lowest BCUT2D eigenvalue weighted by Gasteiger charge is -2.13. The Kier molecular flexibility index (Phi) is 14.7. The van der Waals surface area contributed by atoms with Crippen molar-refractivity contribution in [3.8, 4) is 28.9 Å². The van der Waals surface area contributed by atoms with Gasteiger partial charge in [-0.3, -0.25) is 18.7 Å². The van der Waals surface area contributed by atoms with Crippen LogP contribution in [0.3, 0.4) is 0 Å². The highest BCUT2D eigenvalue weighted by Crippen LogP contribution is 2.48. The minimum absolute atomic E-state index is 0.0154. The summed E-state index contributed by atoms with van der Waals surface area (Å²) in [5.41, 5.74) is 3.23. The van der Waals surface area contributed by atoms with Gasteiger partial charge in [0.1, 0.15) is 69.4 Å². The molecule has 4 aromatic carbocycles. The van der Waals surface area contributed by atoms with E-state index >= 15 is 0 Å². The zero-order valence-electron chi connectivity index (χ0n) is 32.1. The maximum atomic E-state index is 12.6. The summed E-state index contributed by atoms with van der Waals surface area (Å²) in [6, 6.07) is 10.2. The first-order valence-corrected chi connectivity index (χ1v) is 19.6. The Morgan fingerprint density at radius 2 is 1.44 bits per heavy atom. The summed E-state index contributed by atoms with van der Waals surface area (Å²) in [7, 11) is -5.03. The van der Waals surface area contributed by atoms with Crippen LogP contribution >= 0.6 is 12.0 Å². The first-order valence-electron chi connectivity index (χ1n) is 17.5. The average molecular weight is 885 g/mol. The van der Waals surface area contributed by atoms with E-state index < -0.39 is 62.6 Å². The molecule has 0 saturated heterocycles. The van der Waals surface area contributed by atoms with Gasteiger partial charge >= 0.3 is 0 Å². The van der Waals surface area contributed by atoms with Crippen molar-refractivity contribution in [2.24, 2.45) is 36.4 Å². The van der Waals surface area contributed by atoms with Gasteiger partial charge in [0.25, 0.3) is 21.6 Å². The molecule has 1 amide bonds. The highest BCUT2D eigenvalue weighted by atomic mass is 32.2. The topological polar surface area (TPSA) is 352 Å². The molecule has 322 valence electrons. The lowest BCUT2D eigenvalue weighted by molar-refractivity contribution is -0.432. The second-order valence-corrected chi connectivity index (χ2v) is 14.6. The van der Waals surface area contributed by atoms with E-state index in [2.05, 4.69) is 40.1 Å². The second-order valence-electron chi connectivity index (χ2n) is 12.4. The number of hydrogen-bond acceptors (Lipinski definition) is 21. The first kappa shape index (κ1) is 45.5. The summed E-state index contributed by atoms with van der Waals surface area (Å²) in [6.45, 7) is 2.98. The number of benzene rings is 4. The van der Waals surface area contributed by atoms with Crippen LogP contribution in [0.15, 0.2) is 93.8 Å². The summed E-state index contributed by atoms with van der Waals surface area (Å²) in [6.07, 6.45) is 0. The van der Waals surface area contributed by atoms with Gasteiger partial charge in [0, 0.05) is 24.2 Å². The minimum atomic E-state index is -5.03. The van der Waals surface area contributed by atoms with Gasteiger partial charge in [-0.1, -0.05) is 11.1 Å². The number of carbonyl (C=O) groups excluding carboxylic acids is 1. The predicted octanol–water partition coefficient (Wildman–Crippen LogP) is 6.52. The molecule has 0 aliphatic rings. The van der Waals surface area contributed by atoms with E-state index in [9.17, 15) is 48.1 Å². The number of nitrogens with zero attached hydrogens (tertiary/aromatic N) is 7. The van der Waals surface area contributed by atoms with Crippen molar-refractivity contribution in [1.29, 1.82) is 0 Å². The number of rotatable bonds is 18. The van der Waals surface area contributed by atoms with Crippen molar-refractivity contribution in [2.45, 2.75) is 37.1 Å². The standard InChI is InChI=1S/C36H36N8O15S2/c1-4-44-35(50)29(34(37)49)18(3)31(36(44)51)42-38-20-5-6-21(28(14-20)61(53,54)55)39-40-22-15-26(57-10-8-46)23(16-25(22)56-9-7-45)41-43-32-27(60-59-58-52)13-19-11-17(2)12-24(47)30(19)33(32)48/h5-6,11-16,45-48,51-52H,4,7-10H2,1-3H3,(H2,37,49)(H,53,54,55)/b40-39+,42-38+,43-41+. The summed E-state index contributed by atoms with van der Waals surface area (Å²) < 4.78 is 51.9. The molecule has 0 atom stereocenters. The normalized spacial score (nSPS) is 12.0. The Bertz CT molecular complexity index is 2760. The molecule has 1 aromatic heterocycles. The predicted molar refractivity (Wildman–Crippen MR) is 214 cm³/mol. The van der Waals surface area contributed by atoms with Crippen molar-refractivity contribution in [3.63, 3.8) is 0 Å². The van der Waals surface area contributed by atoms with E-state index in [1.54, 1.807) is 13.0 Å². The van der Waals surface area contributed by atoms with E-state index in [0.717, 1.165) is 16.7 Å². The maximum Gasteiger partial charge on any atom is 0.296 e. The Hall–Kier alpha value is -6.58. The molecule has 0 aliphatic carbocycles. The van der Waals surface area contributed by atoms with Crippen molar-refractivity contribution in [2.75, 3.05) is 26.4 Å². The number of primary amides is 1. The van der Waals surface area contributed by atoms with Gasteiger partial charge in [-0.25, -0.2) is 5.26 Å². The molecule has 0 unspecified atom stereocenters. The molecule has 0 fully saturated rings. The van der Waals surface area contributed by atoms with Gasteiger partial charge in [-0.05, 0) is 62.1 Å². The molecule has 23 nitrogen and oxygen atoms in total. The Balaban J connectivity index is 1.59. The highest BCUT2D eigenvalue weighted by molar-refractivity contribution is 7.94. The fourth-order valence-corrected chi connectivity index (χ4v) is 6.88. The fourth-order valence-electron chi connectivity index (χ4n) is 5.74. The number of aromatic hydroxyl groups is 3. The number of azo groups is 3. The minimum Gasteiger partial charge on any atom is -0.507 e. The zero-order chi connectivity index (χ0) is 44.6. The number of phenolic OH excluding ortho intramolecular Hbond substituents is 2. The Morgan fingerprint density at radius 1 is 0.836 bits per heavy atom. The zero-order valence-corrected chi connectivity index (χ0v) is 33.7. The largest absolute Gasteiger partial charge is 0.507 e. The van der Waals surface area contributed by atoms with E-state index in [1.807, 2.05) is 0 Å². The molecular formula is C36H36N8O15S2. The van der Waals surface area contributed by atoms with Gasteiger partial charge in [-0.15, -0.1) is 29.9 Å². The second kappa shape index (κ2) is 19.7. The molecule has 61 heavy (non-hydrogen) atoms. The van der Waals surface area contributed by atoms with E-state index in [0.29, 0.717) is 23.0 Å². The molecule has 0 radical (unpaired) electrons. The number of ether oxygens (including phenoxy) is 2. The molecule has 0 spiro atoms. The SMILES string of the molecule is CCn1c(O)c(/N=N/c2ccc(/N=N/c3cc(OCCO)c(/N=N/c4c(SOOO)cc5cc(C)cc(O)c5c4O)cc3OCCO)c(S(=O)(=O)O)c2)c(C)c(C(N)=O)c1=O. The summed E-state index contributed by atoms with van der Waals surface area (Å²) in [4.78, 5) is 23.9. The number of fused-ring (bicyclic) bond motifs is 1. The number of pyridine rings is 1. The number of amides is 1. The third kappa shape index (κ3) is 10.2. The molecule has 0 saturated carbocycles. The van der Waals surface area contributed by atoms with Gasteiger partial charge in [0.05, 0.1) is 41.2 Å². The summed E-state index contributed by atoms with van der Waals surface area (Å²) in [5, 5.41) is 88.7. The molecule has 5 aromatic rings. The van der Waals surface area contributed by atoms with Crippen molar-refractivity contribution < 1.29 is 67.4 Å². The van der Waals surface area contributed by atoms with Crippen LogP contribution < -0.4 is 20.8 Å². The molecule has 25 heteroatoms. The summed E-state index contributed by atoms with van der Waals surface area (Å²) >= 11 is 0.451. The van der Waals surface area contributed by atoms with Crippen LogP contribution in [0.2, 0.25) is 0 Å². The number of aliphatic hydroxyl groups is 2. The average Bonchev–Trinajstić information content (AvgIpc) is 3.20. The quantitative estimate of drug-likeness (QED) is 0.0153. The van der Waals surface area contributed by atoms with Crippen LogP contribution in [-0.4, -0.2) is 80.7 Å². The molecule has 5 rings (SSSR count). The van der Waals surface area contributed by atoms with Crippen molar-refractivity contribution in [3.05, 3.63) is 75.6 Å². The summed E-state index contributed by atoms with van der Waals surface area (Å²) in [5.74, 6) is -2.75. The number of aryl methyl sites for hydroxylation is 1. The molecule has 1 heterocycles. The molecule has 9 N–H and O–H groups in total. The number of phenols is 2. The van der Waals surface area contributed by atoms with Crippen LogP contribution in [0.5, 0.6) is 28.9 Å². The van der Waals surface area contributed by atoms with E-state index in [4.69, 9.17) is 20.5 Å². The lowest BCUT2D eigenvalue weighted by atomic mass is 10.0. The maximum absolute atomic E-state index is 12.6. The molecule has 0 bridgehead atoms. The number of carbonyl (C=O) groups is 1. The number of hydrogen-bond donors (Lipinski definition) is 8. The highest BCUT2D eigenvalue weighted by Gasteiger charge is 2.23. The lowest BCUT2D eigenvalue weighted by Crippen LogP contribution is -2.30. The smallest absolute Gasteiger partial charge is 0.296 e. The number of aliphatic hydroxyl groups excluding tert-OH is 2. The molecular weight excluding hydrogens is 849 g/mol. The first-order chi connectivity index (χ1) is 29.0. The Labute approximate surface area is 348 Å². The van der Waals surface area contributed by atoms with Crippen LogP contribution in [0.1, 0.15) is 28.4 Å². The van der Waals surface area contributed by atoms with Crippen LogP contribution in [0, 0.1) is 13.8 Å². The molecule has 0 aliphatic heterocycles. The van der Waals surface area contributed by atoms with Gasteiger partial charge in [0.15, 0.2) is 5.75 Å². The van der Waals surface area contributed by atoms with Crippen LogP contribution in [-0.2, 0) is 26.0 Å². The van der Waals surface area contributed by atoms with Gasteiger partial charge in [-0.2, -0.15) is 13.5 Å². The third-order valence-corrected chi connectivity index (χ3v) is 9.90.